The zero-order valence-corrected chi connectivity index (χ0v) is 11.3. The van der Waals surface area contributed by atoms with E-state index in [1.807, 2.05) is 13.0 Å². The minimum absolute atomic E-state index is 0.305. The number of benzene rings is 1. The van der Waals surface area contributed by atoms with Crippen molar-refractivity contribution in [2.45, 2.75) is 27.7 Å². The quantitative estimate of drug-likeness (QED) is 0.710. The van der Waals surface area contributed by atoms with Crippen molar-refractivity contribution in [3.8, 4) is 11.3 Å². The van der Waals surface area contributed by atoms with Crippen LogP contribution in [0.5, 0.6) is 0 Å². The largest absolute Gasteiger partial charge is 0.223 e. The molecule has 2 aromatic rings. The van der Waals surface area contributed by atoms with Crippen LogP contribution in [0.3, 0.4) is 0 Å². The Morgan fingerprint density at radius 2 is 1.47 bits per heavy atom. The van der Waals surface area contributed by atoms with Crippen LogP contribution in [-0.4, -0.2) is 9.97 Å². The van der Waals surface area contributed by atoms with Crippen LogP contribution < -0.4 is 0 Å². The lowest BCUT2D eigenvalue weighted by molar-refractivity contribution is 1.10. The average Bonchev–Trinajstić information content (AvgIpc) is 2.13. The normalized spacial score (nSPS) is 10.6. The van der Waals surface area contributed by atoms with Crippen LogP contribution >= 0.6 is 11.6 Å². The molecule has 1 heterocycles. The summed E-state index contributed by atoms with van der Waals surface area (Å²) in [6, 6.07) is 6.29. The lowest BCUT2D eigenvalue weighted by Gasteiger charge is -2.11. The van der Waals surface area contributed by atoms with Crippen LogP contribution in [0.1, 0.15) is 22.4 Å². The van der Waals surface area contributed by atoms with Crippen molar-refractivity contribution in [3.05, 3.63) is 45.9 Å². The van der Waals surface area contributed by atoms with Crippen molar-refractivity contribution in [1.82, 2.24) is 9.97 Å². The first kappa shape index (κ1) is 12.1. The van der Waals surface area contributed by atoms with Crippen LogP contribution in [0.15, 0.2) is 18.2 Å². The molecule has 0 bridgehead atoms. The molecule has 0 radical (unpaired) electrons. The third kappa shape index (κ3) is 2.47. The molecule has 1 aromatic heterocycles. The summed E-state index contributed by atoms with van der Waals surface area (Å²) in [5, 5.41) is 0.305. The molecule has 0 aliphatic heterocycles. The number of rotatable bonds is 1. The highest BCUT2D eigenvalue weighted by Gasteiger charge is 2.09. The van der Waals surface area contributed by atoms with Gasteiger partial charge in [-0.15, -0.1) is 0 Å². The second-order valence-corrected chi connectivity index (χ2v) is 4.78. The van der Waals surface area contributed by atoms with Crippen molar-refractivity contribution in [3.63, 3.8) is 0 Å². The van der Waals surface area contributed by atoms with E-state index >= 15 is 0 Å². The molecular formula is C14H15ClN2. The fourth-order valence-electron chi connectivity index (χ4n) is 2.24. The molecule has 0 aliphatic rings. The van der Waals surface area contributed by atoms with Gasteiger partial charge in [-0.3, -0.25) is 0 Å². The minimum atomic E-state index is 0.305. The molecule has 0 N–H and O–H groups in total. The molecule has 0 saturated heterocycles. The number of nitrogens with zero attached hydrogens (tertiary/aromatic N) is 2. The van der Waals surface area contributed by atoms with Crippen molar-refractivity contribution < 1.29 is 0 Å². The second-order valence-electron chi connectivity index (χ2n) is 4.44. The highest BCUT2D eigenvalue weighted by atomic mass is 35.5. The van der Waals surface area contributed by atoms with Gasteiger partial charge < -0.3 is 0 Å². The average molecular weight is 247 g/mol. The molecule has 2 nitrogen and oxygen atoms in total. The Bertz CT molecular complexity index is 533. The molecular weight excluding hydrogens is 232 g/mol. The summed E-state index contributed by atoms with van der Waals surface area (Å²) in [5.41, 5.74) is 6.65. The standard InChI is InChI=1S/C14H15ClN2/c1-8-5-9(2)13(10(3)6-8)12-7-11(4)16-14(15)17-12/h5-7H,1-4H3. The molecule has 2 rings (SSSR count). The van der Waals surface area contributed by atoms with Crippen LogP contribution in [0.4, 0.5) is 0 Å². The van der Waals surface area contributed by atoms with E-state index in [0.29, 0.717) is 5.28 Å². The maximum Gasteiger partial charge on any atom is 0.223 e. The van der Waals surface area contributed by atoms with Gasteiger partial charge in [0.2, 0.25) is 5.28 Å². The molecule has 0 saturated carbocycles. The Hall–Kier alpha value is -1.41. The van der Waals surface area contributed by atoms with Gasteiger partial charge in [0.15, 0.2) is 0 Å². The Morgan fingerprint density at radius 1 is 0.882 bits per heavy atom. The Kier molecular flexibility index (Phi) is 3.16. The SMILES string of the molecule is Cc1cc(C)c(-c2cc(C)nc(Cl)n2)c(C)c1. The molecule has 3 heteroatoms. The zero-order valence-electron chi connectivity index (χ0n) is 10.5. The van der Waals surface area contributed by atoms with E-state index in [9.17, 15) is 0 Å². The number of hydrogen-bond acceptors (Lipinski definition) is 2. The summed E-state index contributed by atoms with van der Waals surface area (Å²) in [6.07, 6.45) is 0. The molecule has 1 aromatic carbocycles. The smallest absolute Gasteiger partial charge is 0.223 e. The molecule has 0 fully saturated rings. The Labute approximate surface area is 107 Å². The topological polar surface area (TPSA) is 25.8 Å². The van der Waals surface area contributed by atoms with Gasteiger partial charge >= 0.3 is 0 Å². The third-order valence-corrected chi connectivity index (χ3v) is 2.93. The fraction of sp³-hybridized carbons (Fsp3) is 0.286. The van der Waals surface area contributed by atoms with Gasteiger partial charge in [0.25, 0.3) is 0 Å². The molecule has 17 heavy (non-hydrogen) atoms. The highest BCUT2D eigenvalue weighted by Crippen LogP contribution is 2.27. The van der Waals surface area contributed by atoms with Gasteiger partial charge in [0.05, 0.1) is 5.69 Å². The molecule has 0 unspecified atom stereocenters. The Balaban J connectivity index is 2.68. The molecule has 0 atom stereocenters. The van der Waals surface area contributed by atoms with Gasteiger partial charge in [-0.05, 0) is 56.5 Å². The van der Waals surface area contributed by atoms with E-state index < -0.39 is 0 Å². The van der Waals surface area contributed by atoms with Crippen LogP contribution in [0, 0.1) is 27.7 Å². The van der Waals surface area contributed by atoms with Crippen LogP contribution in [-0.2, 0) is 0 Å². The first-order chi connectivity index (χ1) is 7.97. The zero-order chi connectivity index (χ0) is 12.6. The number of aromatic nitrogens is 2. The minimum Gasteiger partial charge on any atom is -0.223 e. The maximum atomic E-state index is 5.91. The number of halogens is 1. The summed E-state index contributed by atoms with van der Waals surface area (Å²) < 4.78 is 0. The summed E-state index contributed by atoms with van der Waals surface area (Å²) >= 11 is 5.91. The highest BCUT2D eigenvalue weighted by molar-refractivity contribution is 6.28. The Morgan fingerprint density at radius 3 is 2.00 bits per heavy atom. The van der Waals surface area contributed by atoms with E-state index in [1.54, 1.807) is 0 Å². The molecule has 0 spiro atoms. The third-order valence-electron chi connectivity index (χ3n) is 2.76. The predicted octanol–water partition coefficient (Wildman–Crippen LogP) is 4.03. The van der Waals surface area contributed by atoms with E-state index in [2.05, 4.69) is 42.9 Å². The van der Waals surface area contributed by atoms with Gasteiger partial charge in [0.1, 0.15) is 0 Å². The van der Waals surface area contributed by atoms with E-state index in [0.717, 1.165) is 17.0 Å². The maximum absolute atomic E-state index is 5.91. The van der Waals surface area contributed by atoms with Gasteiger partial charge in [0, 0.05) is 11.3 Å². The summed E-state index contributed by atoms with van der Waals surface area (Å²) in [6.45, 7) is 8.22. The van der Waals surface area contributed by atoms with E-state index in [-0.39, 0.29) is 0 Å². The summed E-state index contributed by atoms with van der Waals surface area (Å²) in [4.78, 5) is 8.40. The number of aryl methyl sites for hydroxylation is 4. The number of hydrogen-bond donors (Lipinski definition) is 0. The first-order valence-corrected chi connectivity index (χ1v) is 5.94. The lowest BCUT2D eigenvalue weighted by Crippen LogP contribution is -1.95. The monoisotopic (exact) mass is 246 g/mol. The second kappa shape index (κ2) is 4.46. The van der Waals surface area contributed by atoms with Crippen LogP contribution in [0.2, 0.25) is 5.28 Å². The van der Waals surface area contributed by atoms with Crippen LogP contribution in [0.25, 0.3) is 11.3 Å². The summed E-state index contributed by atoms with van der Waals surface area (Å²) in [7, 11) is 0. The van der Waals surface area contributed by atoms with Crippen molar-refractivity contribution >= 4 is 11.6 Å². The van der Waals surface area contributed by atoms with Gasteiger partial charge in [-0.2, -0.15) is 0 Å². The van der Waals surface area contributed by atoms with E-state index in [4.69, 9.17) is 11.6 Å². The fourth-order valence-corrected chi connectivity index (χ4v) is 2.47. The van der Waals surface area contributed by atoms with E-state index in [1.165, 1.54) is 16.7 Å². The molecule has 0 amide bonds. The summed E-state index contributed by atoms with van der Waals surface area (Å²) in [5.74, 6) is 0. The van der Waals surface area contributed by atoms with Crippen molar-refractivity contribution in [2.24, 2.45) is 0 Å². The predicted molar refractivity (Wildman–Crippen MR) is 71.4 cm³/mol. The first-order valence-electron chi connectivity index (χ1n) is 5.57. The van der Waals surface area contributed by atoms with Crippen molar-refractivity contribution in [2.75, 3.05) is 0 Å². The van der Waals surface area contributed by atoms with Gasteiger partial charge in [-0.25, -0.2) is 9.97 Å². The van der Waals surface area contributed by atoms with Crippen molar-refractivity contribution in [1.29, 1.82) is 0 Å². The molecule has 0 aliphatic carbocycles. The van der Waals surface area contributed by atoms with Gasteiger partial charge in [-0.1, -0.05) is 17.7 Å². The lowest BCUT2D eigenvalue weighted by atomic mass is 9.97. The molecule has 88 valence electrons.